The minimum Gasteiger partial charge on any atom is -0.350 e. The fraction of sp³-hybridized carbons (Fsp3) is 0.364. The lowest BCUT2D eigenvalue weighted by molar-refractivity contribution is -0.120. The van der Waals surface area contributed by atoms with Gasteiger partial charge in [-0.2, -0.15) is 10.1 Å². The van der Waals surface area contributed by atoms with Gasteiger partial charge < -0.3 is 15.1 Å². The zero-order chi connectivity index (χ0) is 21.5. The Morgan fingerprint density at radius 2 is 2.00 bits per heavy atom. The minimum atomic E-state index is -0.246. The van der Waals surface area contributed by atoms with E-state index in [0.717, 1.165) is 35.6 Å². The van der Waals surface area contributed by atoms with Gasteiger partial charge in [-0.1, -0.05) is 19.1 Å². The van der Waals surface area contributed by atoms with Gasteiger partial charge in [0.25, 0.3) is 0 Å². The highest BCUT2D eigenvalue weighted by Gasteiger charge is 2.44. The largest absolute Gasteiger partial charge is 0.350 e. The van der Waals surface area contributed by atoms with E-state index in [0.29, 0.717) is 25.0 Å². The highest BCUT2D eigenvalue weighted by molar-refractivity contribution is 6.04. The smallest absolute Gasteiger partial charge is 0.249 e. The molecule has 1 N–H and O–H groups in total. The first-order chi connectivity index (χ1) is 15.0. The first-order valence-electron chi connectivity index (χ1n) is 10.4. The number of likely N-dealkylation sites (N-methyl/N-ethyl adjacent to an activating group) is 1. The Labute approximate surface area is 179 Å². The van der Waals surface area contributed by atoms with Crippen LogP contribution in [0.4, 0.5) is 21.8 Å². The quantitative estimate of drug-likeness (QED) is 0.682. The summed E-state index contributed by atoms with van der Waals surface area (Å²) < 4.78 is 14.9. The number of anilines is 3. The van der Waals surface area contributed by atoms with Crippen LogP contribution in [0.15, 0.2) is 42.9 Å². The Morgan fingerprint density at radius 3 is 2.81 bits per heavy atom. The van der Waals surface area contributed by atoms with Crippen LogP contribution in [0.5, 0.6) is 0 Å². The van der Waals surface area contributed by atoms with Gasteiger partial charge in [0.1, 0.15) is 17.5 Å². The maximum Gasteiger partial charge on any atom is 0.249 e. The summed E-state index contributed by atoms with van der Waals surface area (Å²) in [5.74, 6) is 1.49. The van der Waals surface area contributed by atoms with Crippen LogP contribution >= 0.6 is 0 Å². The second-order valence-corrected chi connectivity index (χ2v) is 8.23. The molecule has 4 heterocycles. The van der Waals surface area contributed by atoms with E-state index in [1.807, 2.05) is 10.9 Å². The highest BCUT2D eigenvalue weighted by atomic mass is 19.1. The van der Waals surface area contributed by atoms with Crippen molar-refractivity contribution in [3.05, 3.63) is 59.8 Å². The molecule has 0 aliphatic carbocycles. The fourth-order valence-electron chi connectivity index (χ4n) is 4.32. The Morgan fingerprint density at radius 1 is 1.19 bits per heavy atom. The van der Waals surface area contributed by atoms with E-state index in [2.05, 4.69) is 27.2 Å². The van der Waals surface area contributed by atoms with Gasteiger partial charge in [-0.25, -0.2) is 9.37 Å². The van der Waals surface area contributed by atoms with Crippen LogP contribution in [-0.4, -0.2) is 45.3 Å². The van der Waals surface area contributed by atoms with Gasteiger partial charge in [-0.15, -0.1) is 0 Å². The van der Waals surface area contributed by atoms with Crippen molar-refractivity contribution in [3.8, 4) is 0 Å². The third-order valence-corrected chi connectivity index (χ3v) is 6.06. The number of fused-ring (bicyclic) bond motifs is 3. The molecule has 2 aliphatic heterocycles. The van der Waals surface area contributed by atoms with Gasteiger partial charge in [-0.3, -0.25) is 9.48 Å². The minimum absolute atomic E-state index is 0.107. The van der Waals surface area contributed by atoms with Crippen molar-refractivity contribution in [3.63, 3.8) is 0 Å². The third-order valence-electron chi connectivity index (χ3n) is 6.06. The zero-order valence-electron chi connectivity index (χ0n) is 17.5. The number of amides is 1. The van der Waals surface area contributed by atoms with Crippen LogP contribution in [0.25, 0.3) is 0 Å². The topological polar surface area (TPSA) is 79.2 Å². The Hall–Kier alpha value is -3.49. The molecule has 2 aliphatic rings. The number of benzene rings is 1. The van der Waals surface area contributed by atoms with Crippen LogP contribution in [0, 0.1) is 11.7 Å². The molecule has 1 saturated heterocycles. The van der Waals surface area contributed by atoms with Crippen molar-refractivity contribution in [2.45, 2.75) is 32.5 Å². The zero-order valence-corrected chi connectivity index (χ0v) is 17.5. The maximum absolute atomic E-state index is 13.1. The standard InChI is InChI=1S/C22H24FN7O/c1-14-7-8-30-19(14)21(31)28(2)18-11-25-22(27-20(18)30)24-9-16-10-26-29(13-16)12-15-3-5-17(23)6-4-15/h3-6,10-11,13-14,19H,7-9,12H2,1-2H3,(H,24,25,27)/t14-,19?/m0/s1. The van der Waals surface area contributed by atoms with Crippen molar-refractivity contribution in [1.29, 1.82) is 0 Å². The van der Waals surface area contributed by atoms with Crippen molar-refractivity contribution >= 4 is 23.4 Å². The monoisotopic (exact) mass is 421 g/mol. The molecule has 160 valence electrons. The van der Waals surface area contributed by atoms with E-state index in [9.17, 15) is 9.18 Å². The number of hydrogen-bond donors (Lipinski definition) is 1. The van der Waals surface area contributed by atoms with Crippen molar-refractivity contribution in [2.75, 3.05) is 28.7 Å². The average Bonchev–Trinajstić information content (AvgIpc) is 3.38. The van der Waals surface area contributed by atoms with Crippen LogP contribution in [0.3, 0.4) is 0 Å². The van der Waals surface area contributed by atoms with Gasteiger partial charge in [0.05, 0.1) is 18.9 Å². The first kappa shape index (κ1) is 19.5. The number of carbonyl (C=O) groups excluding carboxylic acids is 1. The number of rotatable bonds is 5. The molecule has 0 saturated carbocycles. The summed E-state index contributed by atoms with van der Waals surface area (Å²) in [6.45, 7) is 4.04. The molecule has 2 aromatic heterocycles. The molecule has 3 aromatic rings. The fourth-order valence-corrected chi connectivity index (χ4v) is 4.32. The van der Waals surface area contributed by atoms with Crippen molar-refractivity contribution < 1.29 is 9.18 Å². The summed E-state index contributed by atoms with van der Waals surface area (Å²) >= 11 is 0. The second kappa shape index (κ2) is 7.64. The van der Waals surface area contributed by atoms with E-state index >= 15 is 0 Å². The molecular weight excluding hydrogens is 397 g/mol. The summed E-state index contributed by atoms with van der Waals surface area (Å²) in [4.78, 5) is 25.6. The summed E-state index contributed by atoms with van der Waals surface area (Å²) in [6.07, 6.45) is 6.42. The Kier molecular flexibility index (Phi) is 4.80. The lowest BCUT2D eigenvalue weighted by Gasteiger charge is -2.37. The average molecular weight is 421 g/mol. The van der Waals surface area contributed by atoms with Crippen molar-refractivity contribution in [2.24, 2.45) is 5.92 Å². The number of halogens is 1. The molecule has 1 aromatic carbocycles. The lowest BCUT2D eigenvalue weighted by Crippen LogP contribution is -2.51. The predicted molar refractivity (Wildman–Crippen MR) is 115 cm³/mol. The summed E-state index contributed by atoms with van der Waals surface area (Å²) in [6, 6.07) is 6.26. The SMILES string of the molecule is C[C@H]1CCN2c3nc(NCc4cnn(Cc5ccc(F)cc5)c4)ncc3N(C)C(=O)C12. The third kappa shape index (κ3) is 3.60. The summed E-state index contributed by atoms with van der Waals surface area (Å²) in [5, 5.41) is 7.63. The molecule has 1 fully saturated rings. The van der Waals surface area contributed by atoms with E-state index < -0.39 is 0 Å². The summed E-state index contributed by atoms with van der Waals surface area (Å²) in [7, 11) is 1.79. The molecule has 2 atom stereocenters. The predicted octanol–water partition coefficient (Wildman–Crippen LogP) is 2.66. The molecular formula is C22H24FN7O. The molecule has 0 radical (unpaired) electrons. The lowest BCUT2D eigenvalue weighted by atomic mass is 10.0. The van der Waals surface area contributed by atoms with Crippen LogP contribution in [0.1, 0.15) is 24.5 Å². The van der Waals surface area contributed by atoms with Crippen LogP contribution in [-0.2, 0) is 17.9 Å². The molecule has 9 heteroatoms. The molecule has 1 unspecified atom stereocenters. The number of nitrogens with one attached hydrogen (secondary N) is 1. The molecule has 1 amide bonds. The number of carbonyl (C=O) groups is 1. The van der Waals surface area contributed by atoms with E-state index in [1.165, 1.54) is 12.1 Å². The Bertz CT molecular complexity index is 1110. The number of aromatic nitrogens is 4. The van der Waals surface area contributed by atoms with E-state index in [1.54, 1.807) is 36.5 Å². The van der Waals surface area contributed by atoms with Gasteiger partial charge in [0.2, 0.25) is 11.9 Å². The van der Waals surface area contributed by atoms with E-state index in [4.69, 9.17) is 4.98 Å². The molecule has 0 spiro atoms. The normalized spacial score (nSPS) is 20.0. The summed E-state index contributed by atoms with van der Waals surface area (Å²) in [5.41, 5.74) is 2.71. The van der Waals surface area contributed by atoms with Crippen LogP contribution in [0.2, 0.25) is 0 Å². The van der Waals surface area contributed by atoms with E-state index in [-0.39, 0.29) is 17.8 Å². The number of hydrogen-bond acceptors (Lipinski definition) is 6. The Balaban J connectivity index is 1.28. The first-order valence-corrected chi connectivity index (χ1v) is 10.4. The van der Waals surface area contributed by atoms with Gasteiger partial charge in [-0.05, 0) is 30.0 Å². The maximum atomic E-state index is 13.1. The van der Waals surface area contributed by atoms with Crippen molar-refractivity contribution in [1.82, 2.24) is 19.7 Å². The molecule has 5 rings (SSSR count). The van der Waals surface area contributed by atoms with Gasteiger partial charge in [0.15, 0.2) is 5.82 Å². The van der Waals surface area contributed by atoms with Gasteiger partial charge >= 0.3 is 0 Å². The highest BCUT2D eigenvalue weighted by Crippen LogP contribution is 2.40. The number of nitrogens with zero attached hydrogens (tertiary/aromatic N) is 6. The van der Waals surface area contributed by atoms with Crippen LogP contribution < -0.4 is 15.1 Å². The molecule has 31 heavy (non-hydrogen) atoms. The molecule has 8 nitrogen and oxygen atoms in total. The second-order valence-electron chi connectivity index (χ2n) is 8.23. The molecule has 0 bridgehead atoms. The van der Waals surface area contributed by atoms with Gasteiger partial charge in [0, 0.05) is 31.9 Å².